The highest BCUT2D eigenvalue weighted by molar-refractivity contribution is 3.90. The minimum Gasteiger partial charge on any atom is -0.305 e. The van der Waals surface area contributed by atoms with E-state index >= 15 is 0 Å². The van der Waals surface area contributed by atoms with E-state index in [1.807, 2.05) is 13.8 Å². The zero-order valence-electron chi connectivity index (χ0n) is 6.94. The lowest BCUT2D eigenvalue weighted by atomic mass is 11.0. The standard InChI is InChI=1S/C2H6.2CH5N3/c1-2;2*1-3-4-2/h1-2H3;2*1H3,(H2,2,3). The Morgan fingerprint density at radius 2 is 0.900 bits per heavy atom. The fourth-order valence-corrected chi connectivity index (χ4v) is 0. The molecule has 0 rings (SSSR count). The van der Waals surface area contributed by atoms with Crippen molar-refractivity contribution < 1.29 is 0 Å². The Morgan fingerprint density at radius 3 is 0.900 bits per heavy atom. The van der Waals surface area contributed by atoms with E-state index in [4.69, 9.17) is 0 Å². The van der Waals surface area contributed by atoms with Crippen molar-refractivity contribution in [3.63, 3.8) is 0 Å². The van der Waals surface area contributed by atoms with E-state index < -0.39 is 0 Å². The maximum absolute atomic E-state index is 4.49. The van der Waals surface area contributed by atoms with Gasteiger partial charge < -0.3 is 11.7 Å². The van der Waals surface area contributed by atoms with Crippen LogP contribution >= 0.6 is 0 Å². The van der Waals surface area contributed by atoms with Crippen molar-refractivity contribution >= 4 is 0 Å². The Labute approximate surface area is 61.4 Å². The van der Waals surface area contributed by atoms with Gasteiger partial charge in [-0.15, -0.1) is 0 Å². The molecule has 6 nitrogen and oxygen atoms in total. The number of hydrogen-bond acceptors (Lipinski definition) is 4. The molecule has 0 saturated heterocycles. The molecule has 6 heteroatoms. The van der Waals surface area contributed by atoms with Crippen LogP contribution in [0.2, 0.25) is 0 Å². The summed E-state index contributed by atoms with van der Waals surface area (Å²) in [4.78, 5) is 0. The third kappa shape index (κ3) is 357. The van der Waals surface area contributed by atoms with Gasteiger partial charge in [0.2, 0.25) is 0 Å². The average molecular weight is 148 g/mol. The van der Waals surface area contributed by atoms with Crippen molar-refractivity contribution in [1.82, 2.24) is 0 Å². The molecule has 0 radical (unpaired) electrons. The van der Waals surface area contributed by atoms with E-state index in [9.17, 15) is 0 Å². The number of nitrogens with two attached hydrogens (primary N) is 2. The first-order valence-corrected chi connectivity index (χ1v) is 2.81. The Bertz CT molecular complexity index is 50.1. The van der Waals surface area contributed by atoms with Gasteiger partial charge in [-0.1, -0.05) is 24.3 Å². The van der Waals surface area contributed by atoms with E-state index in [0.717, 1.165) is 0 Å². The second kappa shape index (κ2) is 46.0. The zero-order chi connectivity index (χ0) is 8.83. The molecular formula is C4H16N6. The van der Waals surface area contributed by atoms with Gasteiger partial charge in [0.15, 0.2) is 0 Å². The molecule has 0 unspecified atom stereocenters. The van der Waals surface area contributed by atoms with Crippen LogP contribution in [-0.2, 0) is 0 Å². The van der Waals surface area contributed by atoms with Gasteiger partial charge >= 0.3 is 0 Å². The van der Waals surface area contributed by atoms with E-state index in [2.05, 4.69) is 32.4 Å². The highest BCUT2D eigenvalue weighted by atomic mass is 15.3. The van der Waals surface area contributed by atoms with Crippen LogP contribution in [0.5, 0.6) is 0 Å². The Balaban J connectivity index is -0.0000000787. The van der Waals surface area contributed by atoms with Crippen LogP contribution in [0.4, 0.5) is 0 Å². The quantitative estimate of drug-likeness (QED) is 0.303. The second-order valence-corrected chi connectivity index (χ2v) is 0.631. The van der Waals surface area contributed by atoms with E-state index in [-0.39, 0.29) is 0 Å². The molecule has 0 amide bonds. The van der Waals surface area contributed by atoms with Crippen molar-refractivity contribution in [3.05, 3.63) is 0 Å². The van der Waals surface area contributed by atoms with Crippen LogP contribution in [0.1, 0.15) is 13.8 Å². The topological polar surface area (TPSA) is 101 Å². The molecule has 0 aliphatic heterocycles. The summed E-state index contributed by atoms with van der Waals surface area (Å²) in [5.74, 6) is 8.97. The van der Waals surface area contributed by atoms with E-state index in [0.29, 0.717) is 0 Å². The highest BCUT2D eigenvalue weighted by Gasteiger charge is 1.30. The minimum atomic E-state index is 1.51. The van der Waals surface area contributed by atoms with E-state index in [1.54, 1.807) is 0 Å². The molecule has 0 saturated carbocycles. The molecule has 0 fully saturated rings. The third-order valence-electron chi connectivity index (χ3n) is 0.231. The number of rotatable bonds is 0. The summed E-state index contributed by atoms with van der Waals surface area (Å²) in [5, 5.41) is 12.0. The Hall–Kier alpha value is -1.20. The number of hydrogen-bond donors (Lipinski definition) is 2. The molecule has 10 heavy (non-hydrogen) atoms. The van der Waals surface area contributed by atoms with Crippen LogP contribution in [0.15, 0.2) is 20.7 Å². The zero-order valence-corrected chi connectivity index (χ0v) is 6.94. The van der Waals surface area contributed by atoms with Crippen LogP contribution in [0, 0.1) is 0 Å². The summed E-state index contributed by atoms with van der Waals surface area (Å²) in [6.45, 7) is 4.00. The van der Waals surface area contributed by atoms with Gasteiger partial charge in [0, 0.05) is 0 Å². The lowest BCUT2D eigenvalue weighted by Gasteiger charge is -1.55. The van der Waals surface area contributed by atoms with Crippen molar-refractivity contribution in [1.29, 1.82) is 0 Å². The fourth-order valence-electron chi connectivity index (χ4n) is 0. The highest BCUT2D eigenvalue weighted by Crippen LogP contribution is 1.42. The molecular weight excluding hydrogens is 132 g/mol. The smallest absolute Gasteiger partial charge is 0.0508 e. The van der Waals surface area contributed by atoms with Crippen LogP contribution in [0.3, 0.4) is 0 Å². The van der Waals surface area contributed by atoms with E-state index in [1.165, 1.54) is 14.1 Å². The summed E-state index contributed by atoms with van der Waals surface area (Å²) in [6, 6.07) is 0. The SMILES string of the molecule is CC.CN=NN.CN=NN. The summed E-state index contributed by atoms with van der Waals surface area (Å²) in [6.07, 6.45) is 0. The van der Waals surface area contributed by atoms with Crippen LogP contribution in [0.25, 0.3) is 0 Å². The van der Waals surface area contributed by atoms with Crippen LogP contribution < -0.4 is 11.7 Å². The average Bonchev–Trinajstić information content (AvgIpc) is 2.08. The molecule has 0 aromatic rings. The Kier molecular flexibility index (Phi) is 73.2. The summed E-state index contributed by atoms with van der Waals surface area (Å²) >= 11 is 0. The second-order valence-electron chi connectivity index (χ2n) is 0.631. The lowest BCUT2D eigenvalue weighted by Crippen LogP contribution is -1.70. The molecule has 4 N–H and O–H groups in total. The molecule has 0 aromatic heterocycles. The van der Waals surface area contributed by atoms with Gasteiger partial charge in [0.25, 0.3) is 0 Å². The molecule has 0 bridgehead atoms. The maximum Gasteiger partial charge on any atom is 0.0508 e. The molecule has 0 aliphatic rings. The number of nitrogens with zero attached hydrogens (tertiary/aromatic N) is 4. The van der Waals surface area contributed by atoms with Gasteiger partial charge in [-0.2, -0.15) is 10.2 Å². The predicted octanol–water partition coefficient (Wildman–Crippen LogP) is 0.910. The molecule has 0 heterocycles. The molecule has 0 spiro atoms. The maximum atomic E-state index is 4.49. The normalized spacial score (nSPS) is 8.00. The third-order valence-corrected chi connectivity index (χ3v) is 0.231. The first-order chi connectivity index (χ1) is 4.83. The minimum absolute atomic E-state index is 1.51. The van der Waals surface area contributed by atoms with Crippen molar-refractivity contribution in [2.45, 2.75) is 13.8 Å². The van der Waals surface area contributed by atoms with Crippen molar-refractivity contribution in [3.8, 4) is 0 Å². The molecule has 0 atom stereocenters. The van der Waals surface area contributed by atoms with Gasteiger partial charge in [0.05, 0.1) is 14.1 Å². The van der Waals surface area contributed by atoms with Gasteiger partial charge in [-0.25, -0.2) is 0 Å². The lowest BCUT2D eigenvalue weighted by molar-refractivity contribution is 1.02. The first-order valence-electron chi connectivity index (χ1n) is 2.81. The van der Waals surface area contributed by atoms with Gasteiger partial charge in [-0.3, -0.25) is 0 Å². The van der Waals surface area contributed by atoms with Gasteiger partial charge in [0.1, 0.15) is 0 Å². The molecule has 62 valence electrons. The first kappa shape index (κ1) is 15.9. The predicted molar refractivity (Wildman–Crippen MR) is 41.3 cm³/mol. The summed E-state index contributed by atoms with van der Waals surface area (Å²) in [5.41, 5.74) is 0. The Morgan fingerprint density at radius 1 is 0.800 bits per heavy atom. The van der Waals surface area contributed by atoms with Crippen molar-refractivity contribution in [2.24, 2.45) is 32.4 Å². The van der Waals surface area contributed by atoms with Gasteiger partial charge in [-0.05, 0) is 0 Å². The largest absolute Gasteiger partial charge is 0.305 e. The fraction of sp³-hybridized carbons (Fsp3) is 1.00. The summed E-state index contributed by atoms with van der Waals surface area (Å²) < 4.78 is 0. The summed E-state index contributed by atoms with van der Waals surface area (Å²) in [7, 11) is 3.03. The molecule has 0 aromatic carbocycles. The van der Waals surface area contributed by atoms with Crippen molar-refractivity contribution in [2.75, 3.05) is 14.1 Å². The molecule has 0 aliphatic carbocycles. The monoisotopic (exact) mass is 148 g/mol. The van der Waals surface area contributed by atoms with Crippen LogP contribution in [-0.4, -0.2) is 14.1 Å².